The van der Waals surface area contributed by atoms with Crippen molar-refractivity contribution in [3.8, 4) is 22.5 Å². The largest absolute Gasteiger partial charge is 0.355 e. The van der Waals surface area contributed by atoms with Crippen LogP contribution in [-0.4, -0.2) is 51.2 Å². The van der Waals surface area contributed by atoms with Gasteiger partial charge in [0.05, 0.1) is 17.9 Å². The Morgan fingerprint density at radius 1 is 1.09 bits per heavy atom. The van der Waals surface area contributed by atoms with Gasteiger partial charge >= 0.3 is 0 Å². The van der Waals surface area contributed by atoms with Gasteiger partial charge in [0, 0.05) is 41.7 Å². The monoisotopic (exact) mass is 471 g/mol. The smallest absolute Gasteiger partial charge is 0.251 e. The quantitative estimate of drug-likeness (QED) is 0.410. The van der Waals surface area contributed by atoms with Crippen LogP contribution in [-0.2, 0) is 0 Å². The second-order valence-electron chi connectivity index (χ2n) is 9.36. The number of aromatic nitrogens is 4. The fraction of sp³-hybridized carbons (Fsp3) is 0.308. The van der Waals surface area contributed by atoms with Gasteiger partial charge in [-0.05, 0) is 61.6 Å². The molecule has 2 fully saturated rings. The molecule has 2 aromatic carbocycles. The first kappa shape index (κ1) is 21.7. The summed E-state index contributed by atoms with van der Waals surface area (Å²) in [6.07, 6.45) is 7.27. The summed E-state index contributed by atoms with van der Waals surface area (Å²) >= 11 is 0. The zero-order valence-corrected chi connectivity index (χ0v) is 19.2. The van der Waals surface area contributed by atoms with Gasteiger partial charge in [-0.15, -0.1) is 0 Å². The lowest BCUT2D eigenvalue weighted by Crippen LogP contribution is -2.40. The highest BCUT2D eigenvalue weighted by Gasteiger charge is 2.24. The van der Waals surface area contributed by atoms with Crippen molar-refractivity contribution in [3.63, 3.8) is 0 Å². The van der Waals surface area contributed by atoms with Crippen LogP contribution in [0.25, 0.3) is 33.4 Å². The van der Waals surface area contributed by atoms with Gasteiger partial charge in [-0.1, -0.05) is 6.07 Å². The molecule has 1 aliphatic carbocycles. The van der Waals surface area contributed by atoms with Crippen LogP contribution in [0.4, 0.5) is 10.2 Å². The summed E-state index contributed by atoms with van der Waals surface area (Å²) in [7, 11) is 0. The van der Waals surface area contributed by atoms with E-state index >= 15 is 0 Å². The van der Waals surface area contributed by atoms with Crippen molar-refractivity contribution in [2.45, 2.75) is 37.8 Å². The van der Waals surface area contributed by atoms with Crippen LogP contribution in [0.15, 0.2) is 48.8 Å². The Morgan fingerprint density at radius 2 is 1.91 bits per heavy atom. The lowest BCUT2D eigenvalue weighted by molar-refractivity contribution is 0.0951. The lowest BCUT2D eigenvalue weighted by Gasteiger charge is -2.30. The molecule has 0 unspecified atom stereocenters. The van der Waals surface area contributed by atoms with Crippen LogP contribution < -0.4 is 16.0 Å². The van der Waals surface area contributed by atoms with E-state index in [2.05, 4.69) is 25.4 Å². The molecule has 4 N–H and O–H groups in total. The van der Waals surface area contributed by atoms with Gasteiger partial charge in [-0.3, -0.25) is 14.9 Å². The third-order valence-corrected chi connectivity index (χ3v) is 6.74. The summed E-state index contributed by atoms with van der Waals surface area (Å²) in [4.78, 5) is 23.9. The number of hydrogen-bond acceptors (Lipinski definition) is 6. The Bertz CT molecular complexity index is 1410. The topological polar surface area (TPSA) is 113 Å². The van der Waals surface area contributed by atoms with Crippen molar-refractivity contribution in [2.24, 2.45) is 5.73 Å². The summed E-state index contributed by atoms with van der Waals surface area (Å²) < 4.78 is 14.8. The molecule has 1 saturated heterocycles. The van der Waals surface area contributed by atoms with E-state index in [0.717, 1.165) is 55.5 Å². The van der Waals surface area contributed by atoms with E-state index in [-0.39, 0.29) is 23.8 Å². The predicted octanol–water partition coefficient (Wildman–Crippen LogP) is 3.65. The molecule has 0 bridgehead atoms. The summed E-state index contributed by atoms with van der Waals surface area (Å²) in [5, 5.41) is 11.3. The minimum atomic E-state index is -0.387. The summed E-state index contributed by atoms with van der Waals surface area (Å²) in [6.45, 7) is 1.68. The van der Waals surface area contributed by atoms with Crippen LogP contribution in [0.1, 0.15) is 36.0 Å². The van der Waals surface area contributed by atoms with Gasteiger partial charge in [-0.25, -0.2) is 9.37 Å². The van der Waals surface area contributed by atoms with Crippen LogP contribution in [0.5, 0.6) is 0 Å². The first-order valence-electron chi connectivity index (χ1n) is 12.0. The fourth-order valence-electron chi connectivity index (χ4n) is 4.51. The number of hydrogen-bond donors (Lipinski definition) is 3. The summed E-state index contributed by atoms with van der Waals surface area (Å²) in [5.41, 5.74) is 9.61. The number of benzene rings is 2. The third-order valence-electron chi connectivity index (χ3n) is 6.74. The number of aromatic amines is 1. The first-order valence-corrected chi connectivity index (χ1v) is 12.0. The number of nitrogens with one attached hydrogen (secondary N) is 2. The predicted molar refractivity (Wildman–Crippen MR) is 132 cm³/mol. The Labute approximate surface area is 201 Å². The molecule has 1 aliphatic heterocycles. The maximum absolute atomic E-state index is 14.8. The van der Waals surface area contributed by atoms with E-state index in [1.54, 1.807) is 18.5 Å². The van der Waals surface area contributed by atoms with Gasteiger partial charge in [-0.2, -0.15) is 5.10 Å². The van der Waals surface area contributed by atoms with Gasteiger partial charge in [0.15, 0.2) is 0 Å². The Hall–Kier alpha value is -3.85. The number of carbonyl (C=O) groups excluding carboxylic acids is 1. The Balaban J connectivity index is 1.35. The van der Waals surface area contributed by atoms with E-state index in [0.29, 0.717) is 28.1 Å². The van der Waals surface area contributed by atoms with Crippen LogP contribution >= 0.6 is 0 Å². The highest BCUT2D eigenvalue weighted by molar-refractivity contribution is 5.97. The molecule has 4 aromatic rings. The number of nitrogens with two attached hydrogens (primary N) is 1. The molecule has 8 nitrogen and oxygen atoms in total. The fourth-order valence-corrected chi connectivity index (χ4v) is 4.51. The van der Waals surface area contributed by atoms with E-state index < -0.39 is 0 Å². The molecule has 0 spiro atoms. The number of piperidine rings is 1. The van der Waals surface area contributed by atoms with Gasteiger partial charge < -0.3 is 16.0 Å². The molecule has 1 saturated carbocycles. The Kier molecular flexibility index (Phi) is 5.41. The van der Waals surface area contributed by atoms with Crippen molar-refractivity contribution in [2.75, 3.05) is 18.0 Å². The van der Waals surface area contributed by atoms with Crippen molar-refractivity contribution in [1.29, 1.82) is 0 Å². The molecule has 9 heteroatoms. The van der Waals surface area contributed by atoms with Crippen molar-refractivity contribution >= 4 is 22.6 Å². The molecule has 1 amide bonds. The van der Waals surface area contributed by atoms with Gasteiger partial charge in [0.1, 0.15) is 23.0 Å². The SMILES string of the molecule is NC1CCN(c2cncc(-c3n[nH]c4ccc(-c5cc(C(=O)NC6CC6)ccc5F)cc34)n2)CC1. The Morgan fingerprint density at radius 3 is 2.71 bits per heavy atom. The molecular formula is C26H26FN7O. The third kappa shape index (κ3) is 4.35. The standard InChI is InChI=1S/C26H26FN7O/c27-21-5-1-16(26(35)30-18-3-4-18)12-19(21)15-2-6-22-20(11-15)25(33-32-22)23-13-29-14-24(31-23)34-9-7-17(28)8-10-34/h1-2,5-6,11-14,17-18H,3-4,7-10,28H2,(H,30,35)(H,32,33). The first-order chi connectivity index (χ1) is 17.0. The number of halogens is 1. The number of rotatable bonds is 5. The highest BCUT2D eigenvalue weighted by atomic mass is 19.1. The number of carbonyl (C=O) groups is 1. The van der Waals surface area contributed by atoms with Gasteiger partial charge in [0.2, 0.25) is 0 Å². The molecule has 0 atom stereocenters. The van der Waals surface area contributed by atoms with E-state index in [1.165, 1.54) is 12.1 Å². The molecule has 3 heterocycles. The van der Waals surface area contributed by atoms with Crippen molar-refractivity contribution < 1.29 is 9.18 Å². The molecule has 2 aromatic heterocycles. The highest BCUT2D eigenvalue weighted by Crippen LogP contribution is 2.32. The molecule has 2 aliphatic rings. The number of H-pyrrole nitrogens is 1. The summed E-state index contributed by atoms with van der Waals surface area (Å²) in [5.74, 6) is 0.231. The van der Waals surface area contributed by atoms with Crippen molar-refractivity contribution in [1.82, 2.24) is 25.5 Å². The number of anilines is 1. The molecule has 0 radical (unpaired) electrons. The minimum Gasteiger partial charge on any atom is -0.355 e. The number of nitrogens with zero attached hydrogens (tertiary/aromatic N) is 4. The molecule has 6 rings (SSSR count). The number of fused-ring (bicyclic) bond motifs is 1. The van der Waals surface area contributed by atoms with E-state index in [9.17, 15) is 9.18 Å². The maximum Gasteiger partial charge on any atom is 0.251 e. The average Bonchev–Trinajstić information content (AvgIpc) is 3.59. The second-order valence-corrected chi connectivity index (χ2v) is 9.36. The number of amides is 1. The minimum absolute atomic E-state index is 0.176. The van der Waals surface area contributed by atoms with Gasteiger partial charge in [0.25, 0.3) is 5.91 Å². The van der Waals surface area contributed by atoms with Crippen LogP contribution in [0.2, 0.25) is 0 Å². The molecule has 178 valence electrons. The maximum atomic E-state index is 14.8. The molecular weight excluding hydrogens is 445 g/mol. The second kappa shape index (κ2) is 8.74. The van der Waals surface area contributed by atoms with E-state index in [1.807, 2.05) is 18.2 Å². The zero-order valence-electron chi connectivity index (χ0n) is 19.2. The van der Waals surface area contributed by atoms with E-state index in [4.69, 9.17) is 10.7 Å². The summed E-state index contributed by atoms with van der Waals surface area (Å²) in [6, 6.07) is 10.5. The average molecular weight is 472 g/mol. The normalized spacial score (nSPS) is 16.6. The van der Waals surface area contributed by atoms with Crippen LogP contribution in [0.3, 0.4) is 0 Å². The van der Waals surface area contributed by atoms with Crippen molar-refractivity contribution in [3.05, 3.63) is 60.2 Å². The molecule has 35 heavy (non-hydrogen) atoms. The lowest BCUT2D eigenvalue weighted by atomic mass is 9.99. The van der Waals surface area contributed by atoms with Crippen LogP contribution in [0, 0.1) is 5.82 Å². The zero-order chi connectivity index (χ0) is 23.9.